The lowest BCUT2D eigenvalue weighted by Gasteiger charge is -2.16. The molecule has 1 heterocycles. The Balaban J connectivity index is 2.04. The van der Waals surface area contributed by atoms with Crippen LogP contribution in [0.2, 0.25) is 5.02 Å². The van der Waals surface area contributed by atoms with E-state index in [2.05, 4.69) is 20.6 Å². The van der Waals surface area contributed by atoms with Crippen LogP contribution in [0, 0.1) is 13.8 Å². The first-order valence-electron chi connectivity index (χ1n) is 8.82. The van der Waals surface area contributed by atoms with E-state index in [4.69, 9.17) is 11.6 Å². The molecule has 27 heavy (non-hydrogen) atoms. The van der Waals surface area contributed by atoms with Gasteiger partial charge in [-0.1, -0.05) is 48.0 Å². The highest BCUT2D eigenvalue weighted by Gasteiger charge is 2.12. The number of aliphatic hydroxyl groups excluding tert-OH is 1. The molecule has 3 rings (SSSR count). The minimum atomic E-state index is -0.154. The van der Waals surface area contributed by atoms with Crippen LogP contribution in [0.15, 0.2) is 48.5 Å². The number of benzene rings is 2. The van der Waals surface area contributed by atoms with Crippen LogP contribution < -0.4 is 10.6 Å². The first-order chi connectivity index (χ1) is 13.0. The number of aromatic nitrogens is 2. The predicted octanol–water partition coefficient (Wildman–Crippen LogP) is 4.95. The van der Waals surface area contributed by atoms with Crippen molar-refractivity contribution in [1.82, 2.24) is 9.97 Å². The minimum Gasteiger partial charge on any atom is -0.394 e. The summed E-state index contributed by atoms with van der Waals surface area (Å²) in [7, 11) is 0. The number of halogens is 1. The van der Waals surface area contributed by atoms with E-state index in [9.17, 15) is 5.11 Å². The summed E-state index contributed by atoms with van der Waals surface area (Å²) in [5.74, 6) is 1.11. The molecule has 0 amide bonds. The van der Waals surface area contributed by atoms with Crippen molar-refractivity contribution in [2.75, 3.05) is 17.2 Å². The fraction of sp³-hybridized carbons (Fsp3) is 0.238. The molecule has 0 radical (unpaired) electrons. The molecule has 1 atom stereocenters. The van der Waals surface area contributed by atoms with E-state index in [1.807, 2.05) is 69.3 Å². The third kappa shape index (κ3) is 4.56. The van der Waals surface area contributed by atoms with Gasteiger partial charge in [-0.15, -0.1) is 0 Å². The standard InChI is InChI=1S/C21H23ClN4O/c1-13-9-10-17(22)15(3)20(13)25-19-11-18(16-7-5-4-6-8-16)24-21(26-19)23-14(2)12-27/h4-11,14,27H,12H2,1-3H3,(H2,23,24,25,26)/t14-/m0/s1. The topological polar surface area (TPSA) is 70.1 Å². The van der Waals surface area contributed by atoms with Gasteiger partial charge >= 0.3 is 0 Å². The third-order valence-electron chi connectivity index (χ3n) is 4.31. The van der Waals surface area contributed by atoms with E-state index in [-0.39, 0.29) is 12.6 Å². The van der Waals surface area contributed by atoms with Crippen LogP contribution in [0.25, 0.3) is 11.3 Å². The van der Waals surface area contributed by atoms with E-state index < -0.39 is 0 Å². The largest absolute Gasteiger partial charge is 0.394 e. The summed E-state index contributed by atoms with van der Waals surface area (Å²) in [5.41, 5.74) is 4.76. The van der Waals surface area contributed by atoms with Crippen molar-refractivity contribution in [2.45, 2.75) is 26.8 Å². The Hall–Kier alpha value is -2.63. The lowest BCUT2D eigenvalue weighted by molar-refractivity contribution is 0.281. The smallest absolute Gasteiger partial charge is 0.225 e. The summed E-state index contributed by atoms with van der Waals surface area (Å²) in [5, 5.41) is 16.6. The Bertz CT molecular complexity index is 931. The van der Waals surface area contributed by atoms with E-state index in [0.29, 0.717) is 16.8 Å². The van der Waals surface area contributed by atoms with Gasteiger partial charge < -0.3 is 15.7 Å². The highest BCUT2D eigenvalue weighted by molar-refractivity contribution is 6.31. The lowest BCUT2D eigenvalue weighted by Crippen LogP contribution is -2.21. The van der Waals surface area contributed by atoms with Crippen LogP contribution >= 0.6 is 11.6 Å². The molecule has 0 fully saturated rings. The number of aryl methyl sites for hydroxylation is 1. The van der Waals surface area contributed by atoms with Gasteiger partial charge in [0, 0.05) is 28.4 Å². The molecule has 0 saturated heterocycles. The summed E-state index contributed by atoms with van der Waals surface area (Å²) in [6.45, 7) is 5.87. The Kier molecular flexibility index (Phi) is 5.94. The second kappa shape index (κ2) is 8.37. The van der Waals surface area contributed by atoms with Gasteiger partial charge in [0.2, 0.25) is 5.95 Å². The molecule has 0 unspecified atom stereocenters. The molecule has 3 aromatic rings. The number of hydrogen-bond donors (Lipinski definition) is 3. The van der Waals surface area contributed by atoms with Crippen molar-refractivity contribution in [3.05, 3.63) is 64.7 Å². The third-order valence-corrected chi connectivity index (χ3v) is 4.71. The van der Waals surface area contributed by atoms with E-state index >= 15 is 0 Å². The summed E-state index contributed by atoms with van der Waals surface area (Å²) in [6.07, 6.45) is 0. The molecule has 0 saturated carbocycles. The zero-order valence-electron chi connectivity index (χ0n) is 15.6. The normalized spacial score (nSPS) is 11.9. The fourth-order valence-electron chi connectivity index (χ4n) is 2.74. The maximum atomic E-state index is 9.34. The molecule has 0 aliphatic carbocycles. The van der Waals surface area contributed by atoms with Crippen LogP contribution in [0.3, 0.4) is 0 Å². The number of hydrogen-bond acceptors (Lipinski definition) is 5. The average Bonchev–Trinajstić information content (AvgIpc) is 2.68. The maximum Gasteiger partial charge on any atom is 0.225 e. The number of rotatable bonds is 6. The van der Waals surface area contributed by atoms with Crippen LogP contribution in [0.4, 0.5) is 17.5 Å². The molecule has 1 aromatic heterocycles. The zero-order valence-corrected chi connectivity index (χ0v) is 16.4. The summed E-state index contributed by atoms with van der Waals surface area (Å²) in [4.78, 5) is 9.16. The van der Waals surface area contributed by atoms with Crippen molar-refractivity contribution >= 4 is 29.1 Å². The van der Waals surface area contributed by atoms with Crippen molar-refractivity contribution in [2.24, 2.45) is 0 Å². The van der Waals surface area contributed by atoms with Gasteiger partial charge in [-0.25, -0.2) is 4.98 Å². The van der Waals surface area contributed by atoms with Crippen LogP contribution in [0.5, 0.6) is 0 Å². The number of nitrogens with zero attached hydrogens (tertiary/aromatic N) is 2. The molecule has 0 spiro atoms. The Morgan fingerprint density at radius 1 is 1.07 bits per heavy atom. The van der Waals surface area contributed by atoms with E-state index in [0.717, 1.165) is 28.1 Å². The molecule has 5 nitrogen and oxygen atoms in total. The number of nitrogens with one attached hydrogen (secondary N) is 2. The first-order valence-corrected chi connectivity index (χ1v) is 9.20. The molecule has 140 valence electrons. The fourth-order valence-corrected chi connectivity index (χ4v) is 2.90. The van der Waals surface area contributed by atoms with Crippen molar-refractivity contribution in [3.63, 3.8) is 0 Å². The van der Waals surface area contributed by atoms with Crippen LogP contribution in [-0.4, -0.2) is 27.7 Å². The molecule has 2 aromatic carbocycles. The summed E-state index contributed by atoms with van der Waals surface area (Å²) in [6, 6.07) is 15.5. The number of aliphatic hydroxyl groups is 1. The minimum absolute atomic E-state index is 0.00576. The molecule has 0 aliphatic rings. The van der Waals surface area contributed by atoms with Gasteiger partial charge in [-0.2, -0.15) is 4.98 Å². The monoisotopic (exact) mass is 382 g/mol. The van der Waals surface area contributed by atoms with Gasteiger partial charge in [-0.3, -0.25) is 0 Å². The Morgan fingerprint density at radius 3 is 2.52 bits per heavy atom. The summed E-state index contributed by atoms with van der Waals surface area (Å²) < 4.78 is 0. The zero-order chi connectivity index (χ0) is 19.4. The molecular formula is C21H23ClN4O. The molecule has 0 bridgehead atoms. The Morgan fingerprint density at radius 2 is 1.81 bits per heavy atom. The second-order valence-corrected chi connectivity index (χ2v) is 6.95. The summed E-state index contributed by atoms with van der Waals surface area (Å²) >= 11 is 6.29. The van der Waals surface area contributed by atoms with Gasteiger partial charge in [0.1, 0.15) is 5.82 Å². The molecule has 6 heteroatoms. The average molecular weight is 383 g/mol. The van der Waals surface area contributed by atoms with Crippen molar-refractivity contribution in [3.8, 4) is 11.3 Å². The molecular weight excluding hydrogens is 360 g/mol. The van der Waals surface area contributed by atoms with Crippen molar-refractivity contribution in [1.29, 1.82) is 0 Å². The lowest BCUT2D eigenvalue weighted by atomic mass is 10.1. The predicted molar refractivity (Wildman–Crippen MR) is 112 cm³/mol. The van der Waals surface area contributed by atoms with Crippen molar-refractivity contribution < 1.29 is 5.11 Å². The highest BCUT2D eigenvalue weighted by atomic mass is 35.5. The Labute approximate surface area is 164 Å². The van der Waals surface area contributed by atoms with E-state index in [1.165, 1.54) is 0 Å². The highest BCUT2D eigenvalue weighted by Crippen LogP contribution is 2.30. The molecule has 0 aliphatic heterocycles. The van der Waals surface area contributed by atoms with Gasteiger partial charge in [0.15, 0.2) is 0 Å². The van der Waals surface area contributed by atoms with Gasteiger partial charge in [-0.05, 0) is 38.0 Å². The quantitative estimate of drug-likeness (QED) is 0.562. The first kappa shape index (κ1) is 19.1. The van der Waals surface area contributed by atoms with Gasteiger partial charge in [0.05, 0.1) is 12.3 Å². The van der Waals surface area contributed by atoms with E-state index in [1.54, 1.807) is 0 Å². The van der Waals surface area contributed by atoms with Gasteiger partial charge in [0.25, 0.3) is 0 Å². The van der Waals surface area contributed by atoms with Crippen LogP contribution in [-0.2, 0) is 0 Å². The molecule has 3 N–H and O–H groups in total. The number of anilines is 3. The maximum absolute atomic E-state index is 9.34. The second-order valence-electron chi connectivity index (χ2n) is 6.55. The van der Waals surface area contributed by atoms with Crippen LogP contribution in [0.1, 0.15) is 18.1 Å². The SMILES string of the molecule is Cc1ccc(Cl)c(C)c1Nc1cc(-c2ccccc2)nc(N[C@@H](C)CO)n1.